The predicted molar refractivity (Wildman–Crippen MR) is 471 cm³/mol. The topological polar surface area (TPSA) is 306 Å². The summed E-state index contributed by atoms with van der Waals surface area (Å²) in [6, 6.07) is 71.8. The summed E-state index contributed by atoms with van der Waals surface area (Å²) < 4.78 is 50.6. The highest BCUT2D eigenvalue weighted by Gasteiger charge is 2.22. The second-order valence-corrected chi connectivity index (χ2v) is 30.1. The second-order valence-electron chi connectivity index (χ2n) is 28.8. The molecule has 0 aliphatic rings. The fraction of sp³-hybridized carbons (Fsp3) is 0.160. The zero-order valence-corrected chi connectivity index (χ0v) is 72.0. The largest absolute Gasteiger partial charge is 0.478 e. The van der Waals surface area contributed by atoms with E-state index >= 15 is 0 Å². The summed E-state index contributed by atoms with van der Waals surface area (Å²) in [7, 11) is 19.3. The molecule has 0 saturated carbocycles. The number of fused-ring (bicyclic) bond motifs is 7. The number of carboxylic acids is 1. The molecule has 10 heterocycles. The number of non-ortho nitro benzene ring substituents is 3. The number of nitro groups is 4. The van der Waals surface area contributed by atoms with Crippen LogP contribution >= 0.6 is 0 Å². The van der Waals surface area contributed by atoms with Gasteiger partial charge < -0.3 is 10.0 Å². The van der Waals surface area contributed by atoms with E-state index in [4.69, 9.17) is 9.66 Å². The molecule has 28 nitrogen and oxygen atoms in total. The second kappa shape index (κ2) is 43.9. The summed E-state index contributed by atoms with van der Waals surface area (Å²) in [5.41, 5.74) is 9.13. The number of hydrogen-bond donors (Lipinski definition) is 2. The van der Waals surface area contributed by atoms with Crippen molar-refractivity contribution in [2.45, 2.75) is 25.7 Å². The Hall–Kier alpha value is -15.4. The van der Waals surface area contributed by atoms with Crippen LogP contribution in [0.5, 0.6) is 0 Å². The van der Waals surface area contributed by atoms with Gasteiger partial charge >= 0.3 is 5.97 Å². The summed E-state index contributed by atoms with van der Waals surface area (Å²) in [6.07, 6.45) is 29.0. The first-order valence-electron chi connectivity index (χ1n) is 38.4. The highest BCUT2D eigenvalue weighted by molar-refractivity contribution is 7.86. The van der Waals surface area contributed by atoms with Gasteiger partial charge in [-0.15, -0.1) is 0 Å². The molecule has 10 aromatic heterocycles. The van der Waals surface area contributed by atoms with Crippen LogP contribution in [0.4, 0.5) is 28.4 Å². The van der Waals surface area contributed by atoms with Crippen molar-refractivity contribution in [2.24, 2.45) is 70.5 Å². The Morgan fingerprint density at radius 1 is 0.350 bits per heavy atom. The number of nitrogens with zero attached hydrogens (tertiary/aromatic N) is 15. The number of carboxylic acid groups (broad SMARTS) is 1. The maximum atomic E-state index is 11.1. The molecule has 0 bridgehead atoms. The molecule has 0 atom stereocenters. The molecule has 7 aromatic carbocycles. The highest BCUT2D eigenvalue weighted by atomic mass is 32.2. The van der Waals surface area contributed by atoms with Crippen molar-refractivity contribution >= 4 is 120 Å². The smallest absolute Gasteiger partial charge is 0.336 e. The Morgan fingerprint density at radius 2 is 0.797 bits per heavy atom. The summed E-state index contributed by atoms with van der Waals surface area (Å²) in [5.74, 6) is -0.887. The number of benzene rings is 7. The normalized spacial score (nSPS) is 10.3. The third-order valence-electron chi connectivity index (χ3n) is 19.2. The first-order chi connectivity index (χ1) is 58.5. The molecule has 0 amide bonds. The van der Waals surface area contributed by atoms with Gasteiger partial charge in [-0.1, -0.05) is 48.5 Å². The molecule has 17 rings (SSSR count). The molecule has 0 spiro atoms. The first-order valence-corrected chi connectivity index (χ1v) is 39.8. The molecule has 17 aromatic rings. The lowest BCUT2D eigenvalue weighted by Gasteiger charge is -2.09. The van der Waals surface area contributed by atoms with Crippen LogP contribution in [0.1, 0.15) is 27.2 Å². The van der Waals surface area contributed by atoms with Gasteiger partial charge in [0.1, 0.15) is 86.1 Å². The van der Waals surface area contributed by atoms with Crippen LogP contribution in [-0.4, -0.2) is 57.8 Å². The van der Waals surface area contributed by atoms with E-state index in [1.807, 2.05) is 250 Å². The molecule has 0 unspecified atom stereocenters. The van der Waals surface area contributed by atoms with Crippen molar-refractivity contribution in [3.8, 4) is 0 Å². The minimum absolute atomic E-state index is 0.0550. The van der Waals surface area contributed by atoms with E-state index in [0.29, 0.717) is 32.7 Å². The molecule has 29 heteroatoms. The van der Waals surface area contributed by atoms with Crippen molar-refractivity contribution in [1.29, 1.82) is 0 Å². The van der Waals surface area contributed by atoms with Crippen LogP contribution in [-0.2, 0) is 80.6 Å². The summed E-state index contributed by atoms with van der Waals surface area (Å²) >= 11 is 0. The number of aryl methyl sites for hydroxylation is 13. The number of nitro benzene ring substituents is 4. The van der Waals surface area contributed by atoms with Crippen molar-refractivity contribution in [3.63, 3.8) is 0 Å². The van der Waals surface area contributed by atoms with E-state index in [-0.39, 0.29) is 47.3 Å². The summed E-state index contributed by atoms with van der Waals surface area (Å²) in [5, 5.41) is 60.3. The van der Waals surface area contributed by atoms with E-state index in [0.717, 1.165) is 43.6 Å². The van der Waals surface area contributed by atoms with E-state index in [1.54, 1.807) is 111 Å². The lowest BCUT2D eigenvalue weighted by Crippen LogP contribution is -2.30. The molecule has 0 aliphatic carbocycles. The van der Waals surface area contributed by atoms with Crippen molar-refractivity contribution < 1.29 is 88.2 Å². The van der Waals surface area contributed by atoms with Crippen LogP contribution in [0.15, 0.2) is 334 Å². The average molecular weight is 1680 g/mol. The van der Waals surface area contributed by atoms with E-state index in [9.17, 15) is 53.7 Å². The van der Waals surface area contributed by atoms with Gasteiger partial charge in [0.15, 0.2) is 98.6 Å². The summed E-state index contributed by atoms with van der Waals surface area (Å²) in [6.45, 7) is 5.92. The number of carbonyl (C=O) groups is 1. The predicted octanol–water partition coefficient (Wildman–Crippen LogP) is 12.8. The van der Waals surface area contributed by atoms with Crippen LogP contribution in [0, 0.1) is 61.2 Å². The SMILES string of the molecule is CN(C)c1cc[n+](C)cc1.C[n+]1ccc(C(=O)O)c2ccccc21.C[n+]1ccc2c(S(=O)(=O)O)cccc2c1.C[n+]1ccc2c([N+](=O)[O-])cccc2c1.C[n+]1ccc2ccccc2c1.C[n+]1cccc2c([N+](=O)[O-])cccc21.C[n+]1cccc2cc([N+](=O)[O-])ccc21.Cc1ccc2c(ccc[n+]2C)c1[N+](=O)[O-].Cc1ccc[n+](C)c1.Cc1cccc[n+]1C. The Kier molecular flexibility index (Phi) is 33.2. The van der Waals surface area contributed by atoms with Crippen LogP contribution in [0.3, 0.4) is 0 Å². The van der Waals surface area contributed by atoms with Crippen LogP contribution in [0.25, 0.3) is 75.9 Å². The number of rotatable bonds is 7. The zero-order chi connectivity index (χ0) is 89.8. The van der Waals surface area contributed by atoms with Gasteiger partial charge in [-0.05, 0) is 86.0 Å². The minimum atomic E-state index is -4.15. The molecule has 0 saturated heterocycles. The Morgan fingerprint density at radius 3 is 1.36 bits per heavy atom. The lowest BCUT2D eigenvalue weighted by molar-refractivity contribution is -0.677. The third-order valence-corrected chi connectivity index (χ3v) is 20.1. The highest BCUT2D eigenvalue weighted by Crippen LogP contribution is 2.28. The molecule has 626 valence electrons. The van der Waals surface area contributed by atoms with Crippen molar-refractivity contribution in [2.75, 3.05) is 19.0 Å². The molecule has 0 fully saturated rings. The van der Waals surface area contributed by atoms with Gasteiger partial charge in [0.2, 0.25) is 22.1 Å². The van der Waals surface area contributed by atoms with Crippen molar-refractivity contribution in [3.05, 3.63) is 392 Å². The number of aromatic carboxylic acids is 1. The third kappa shape index (κ3) is 26.6. The molecule has 2 N–H and O–H groups in total. The number of pyridine rings is 10. The average Bonchev–Trinajstić information content (AvgIpc) is 0.793. The van der Waals surface area contributed by atoms with Gasteiger partial charge in [-0.3, -0.25) is 45.0 Å². The van der Waals surface area contributed by atoms with E-state index in [1.165, 1.54) is 52.0 Å². The van der Waals surface area contributed by atoms with Gasteiger partial charge in [0.05, 0.1) is 46.8 Å². The van der Waals surface area contributed by atoms with E-state index in [2.05, 4.69) is 101 Å². The zero-order valence-electron chi connectivity index (χ0n) is 71.2. The molecule has 0 aliphatic heterocycles. The first kappa shape index (κ1) is 93.1. The Labute approximate surface area is 712 Å². The molecular formula is C94H101N15O13S+10. The van der Waals surface area contributed by atoms with Crippen LogP contribution < -0.4 is 50.6 Å². The van der Waals surface area contributed by atoms with Gasteiger partial charge in [0, 0.05) is 175 Å². The fourth-order valence-electron chi connectivity index (χ4n) is 12.7. The van der Waals surface area contributed by atoms with E-state index < -0.39 is 16.1 Å². The van der Waals surface area contributed by atoms with Gasteiger partial charge in [-0.2, -0.15) is 8.42 Å². The lowest BCUT2D eigenvalue weighted by atomic mass is 10.1. The van der Waals surface area contributed by atoms with Crippen molar-refractivity contribution in [1.82, 2.24) is 0 Å². The standard InChI is InChI=1S/C11H11N2O2.C11H9NO2.3C10H9N2O2.C10H9NO3S.C10H10N.C8H13N2.2C7H10N/c1-8-5-6-10-9(11(8)13(14)15)4-3-7-12(10)2;1-12-7-6-9(11(13)14)8-4-2-3-5-10(8)12;1-11-7-3-4-8-9(11)5-2-6-10(8)12(13)14;1-11-6-2-3-8-7-9(12(13)14)4-5-10(8)11;1-11-6-5-9-8(7-11)3-2-4-10(9)12(13)14;1-11-6-5-9-8(7-11)3-2-4-10(9)15(12,13)14;1-11-7-6-9-4-2-3-5-10(9)8-11;1-9(2)8-4-6-10(3)7-5-8;1-7-4-3-5-8(2)6-7;1-7-5-3-4-6-8(7)2/h3-7H,1-2H3;4*2-7H,1H3;2-7H,1H3;2-8H,1H3;4-7H,1-3H3;2*3-6H,1-2H3/q+1;;3*+1;;4*+1/p+2. The Bertz CT molecular complexity index is 6700. The number of para-hydroxylation sites is 1. The number of anilines is 1. The number of aromatic nitrogens is 10. The maximum Gasteiger partial charge on any atom is 0.336 e. The van der Waals surface area contributed by atoms with Crippen LogP contribution in [0.2, 0.25) is 0 Å². The fourth-order valence-corrected chi connectivity index (χ4v) is 13.4. The number of hydrogen-bond acceptors (Lipinski definition) is 12. The summed E-state index contributed by atoms with van der Waals surface area (Å²) in [4.78, 5) is 54.4. The maximum absolute atomic E-state index is 11.1. The molecule has 123 heavy (non-hydrogen) atoms. The molecule has 0 radical (unpaired) electrons. The van der Waals surface area contributed by atoms with Gasteiger partial charge in [-0.25, -0.2) is 50.5 Å². The Balaban J connectivity index is 0.000000171. The minimum Gasteiger partial charge on any atom is -0.478 e. The monoisotopic (exact) mass is 1680 g/mol. The molecular weight excluding hydrogens is 1580 g/mol. The van der Waals surface area contributed by atoms with Gasteiger partial charge in [0.25, 0.3) is 32.9 Å². The quantitative estimate of drug-likeness (QED) is 0.0649.